The molecule has 0 aliphatic rings. The Kier molecular flexibility index (Phi) is 4.50. The maximum atomic E-state index is 12.7. The highest BCUT2D eigenvalue weighted by atomic mass is 19.1. The number of benzene rings is 1. The summed E-state index contributed by atoms with van der Waals surface area (Å²) < 4.78 is 18.2. The molecule has 0 radical (unpaired) electrons. The molecule has 0 saturated heterocycles. The maximum absolute atomic E-state index is 12.7. The normalized spacial score (nSPS) is 10.6. The van der Waals surface area contributed by atoms with E-state index in [1.54, 1.807) is 19.1 Å². The van der Waals surface area contributed by atoms with Crippen LogP contribution in [0.25, 0.3) is 0 Å². The molecule has 0 saturated carbocycles. The van der Waals surface area contributed by atoms with Crippen molar-refractivity contribution in [1.82, 2.24) is 10.3 Å². The number of oxazole rings is 1. The van der Waals surface area contributed by atoms with Gasteiger partial charge in [-0.2, -0.15) is 0 Å². The van der Waals surface area contributed by atoms with Crippen molar-refractivity contribution in [3.05, 3.63) is 53.0 Å². The van der Waals surface area contributed by atoms with E-state index in [0.717, 1.165) is 17.0 Å². The summed E-state index contributed by atoms with van der Waals surface area (Å²) in [5.74, 6) is 1.04. The molecule has 4 nitrogen and oxygen atoms in total. The molecular weight excluding hydrogens is 259 g/mol. The molecule has 1 amide bonds. The second kappa shape index (κ2) is 6.32. The molecule has 0 fully saturated rings. The molecule has 1 heterocycles. The summed E-state index contributed by atoms with van der Waals surface area (Å²) in [6.45, 7) is 4.17. The Balaban J connectivity index is 1.78. The Morgan fingerprint density at radius 3 is 2.60 bits per heavy atom. The number of amides is 1. The van der Waals surface area contributed by atoms with Crippen LogP contribution in [0, 0.1) is 19.7 Å². The molecule has 0 unspecified atom stereocenters. The fourth-order valence-corrected chi connectivity index (χ4v) is 1.97. The van der Waals surface area contributed by atoms with Gasteiger partial charge in [0.05, 0.1) is 12.1 Å². The molecule has 0 atom stereocenters. The van der Waals surface area contributed by atoms with Crippen LogP contribution < -0.4 is 5.32 Å². The molecule has 1 aromatic carbocycles. The molecular formula is C15H17FN2O2. The predicted octanol–water partition coefficient (Wildman–Crippen LogP) is 2.33. The number of hydrogen-bond donors (Lipinski definition) is 1. The van der Waals surface area contributed by atoms with Crippen molar-refractivity contribution in [2.45, 2.75) is 26.7 Å². The van der Waals surface area contributed by atoms with Crippen LogP contribution in [0.3, 0.4) is 0 Å². The van der Waals surface area contributed by atoms with E-state index in [0.29, 0.717) is 18.9 Å². The third kappa shape index (κ3) is 3.91. The van der Waals surface area contributed by atoms with E-state index in [2.05, 4.69) is 10.3 Å². The van der Waals surface area contributed by atoms with Crippen LogP contribution in [0.15, 0.2) is 28.7 Å². The van der Waals surface area contributed by atoms with E-state index in [4.69, 9.17) is 4.42 Å². The number of nitrogens with one attached hydrogen (secondary N) is 1. The van der Waals surface area contributed by atoms with Crippen LogP contribution in [-0.4, -0.2) is 17.4 Å². The van der Waals surface area contributed by atoms with Crippen molar-refractivity contribution in [2.24, 2.45) is 0 Å². The lowest BCUT2D eigenvalue weighted by Gasteiger charge is -2.04. The minimum Gasteiger partial charge on any atom is -0.446 e. The summed E-state index contributed by atoms with van der Waals surface area (Å²) in [6.07, 6.45) is 0.858. The first kappa shape index (κ1) is 14.2. The average Bonchev–Trinajstić information content (AvgIpc) is 2.71. The third-order valence-electron chi connectivity index (χ3n) is 2.95. The number of aromatic nitrogens is 1. The minimum atomic E-state index is -0.301. The van der Waals surface area contributed by atoms with Gasteiger partial charge in [0.25, 0.3) is 0 Å². The summed E-state index contributed by atoms with van der Waals surface area (Å²) >= 11 is 0. The Hall–Kier alpha value is -2.17. The Morgan fingerprint density at radius 1 is 1.30 bits per heavy atom. The lowest BCUT2D eigenvalue weighted by molar-refractivity contribution is -0.120. The first-order chi connectivity index (χ1) is 9.54. The zero-order chi connectivity index (χ0) is 14.5. The second-order valence-corrected chi connectivity index (χ2v) is 4.64. The topological polar surface area (TPSA) is 55.1 Å². The number of rotatable bonds is 5. The van der Waals surface area contributed by atoms with E-state index in [1.165, 1.54) is 12.1 Å². The molecule has 0 spiro atoms. The standard InChI is InChI=1S/C15H17FN2O2/c1-10-14(20-11(2)18-10)7-8-17-15(19)9-12-3-5-13(16)6-4-12/h3-6H,7-9H2,1-2H3,(H,17,19). The van der Waals surface area contributed by atoms with Crippen LogP contribution in [-0.2, 0) is 17.6 Å². The smallest absolute Gasteiger partial charge is 0.224 e. The first-order valence-electron chi connectivity index (χ1n) is 6.48. The molecule has 20 heavy (non-hydrogen) atoms. The number of carbonyl (C=O) groups excluding carboxylic acids is 1. The monoisotopic (exact) mass is 276 g/mol. The van der Waals surface area contributed by atoms with E-state index in [1.807, 2.05) is 6.92 Å². The van der Waals surface area contributed by atoms with Gasteiger partial charge in [-0.3, -0.25) is 4.79 Å². The Morgan fingerprint density at radius 2 is 2.00 bits per heavy atom. The summed E-state index contributed by atoms with van der Waals surface area (Å²) in [6, 6.07) is 5.92. The van der Waals surface area contributed by atoms with Crippen molar-refractivity contribution < 1.29 is 13.6 Å². The molecule has 5 heteroatoms. The fourth-order valence-electron chi connectivity index (χ4n) is 1.97. The third-order valence-corrected chi connectivity index (χ3v) is 2.95. The molecule has 0 bridgehead atoms. The fraction of sp³-hybridized carbons (Fsp3) is 0.333. The van der Waals surface area contributed by atoms with Crippen molar-refractivity contribution in [3.63, 3.8) is 0 Å². The molecule has 0 aliphatic heterocycles. The highest BCUT2D eigenvalue weighted by molar-refractivity contribution is 5.78. The average molecular weight is 276 g/mol. The molecule has 106 valence electrons. The lowest BCUT2D eigenvalue weighted by Crippen LogP contribution is -2.27. The molecule has 2 aromatic rings. The summed E-state index contributed by atoms with van der Waals surface area (Å²) in [4.78, 5) is 15.9. The van der Waals surface area contributed by atoms with Crippen molar-refractivity contribution in [3.8, 4) is 0 Å². The van der Waals surface area contributed by atoms with Gasteiger partial charge in [0.15, 0.2) is 5.89 Å². The van der Waals surface area contributed by atoms with Crippen LogP contribution in [0.1, 0.15) is 22.9 Å². The molecule has 1 aromatic heterocycles. The van der Waals surface area contributed by atoms with Gasteiger partial charge in [0.1, 0.15) is 11.6 Å². The largest absolute Gasteiger partial charge is 0.446 e. The molecule has 2 rings (SSSR count). The minimum absolute atomic E-state index is 0.0921. The summed E-state index contributed by atoms with van der Waals surface area (Å²) in [7, 11) is 0. The van der Waals surface area contributed by atoms with Crippen LogP contribution >= 0.6 is 0 Å². The lowest BCUT2D eigenvalue weighted by atomic mass is 10.1. The van der Waals surface area contributed by atoms with Crippen molar-refractivity contribution >= 4 is 5.91 Å². The molecule has 0 aliphatic carbocycles. The van der Waals surface area contributed by atoms with Crippen molar-refractivity contribution in [1.29, 1.82) is 0 Å². The second-order valence-electron chi connectivity index (χ2n) is 4.64. The first-order valence-corrected chi connectivity index (χ1v) is 6.48. The molecule has 1 N–H and O–H groups in total. The zero-order valence-corrected chi connectivity index (χ0v) is 11.6. The van der Waals surface area contributed by atoms with Gasteiger partial charge in [0.2, 0.25) is 5.91 Å². The van der Waals surface area contributed by atoms with Gasteiger partial charge in [-0.1, -0.05) is 12.1 Å². The summed E-state index contributed by atoms with van der Waals surface area (Å²) in [5, 5.41) is 2.81. The van der Waals surface area contributed by atoms with Gasteiger partial charge in [-0.25, -0.2) is 9.37 Å². The van der Waals surface area contributed by atoms with E-state index < -0.39 is 0 Å². The van der Waals surface area contributed by atoms with E-state index in [9.17, 15) is 9.18 Å². The van der Waals surface area contributed by atoms with Gasteiger partial charge in [0, 0.05) is 19.9 Å². The number of nitrogens with zero attached hydrogens (tertiary/aromatic N) is 1. The van der Waals surface area contributed by atoms with Crippen LogP contribution in [0.5, 0.6) is 0 Å². The van der Waals surface area contributed by atoms with Gasteiger partial charge in [-0.15, -0.1) is 0 Å². The SMILES string of the molecule is Cc1nc(C)c(CCNC(=O)Cc2ccc(F)cc2)o1. The maximum Gasteiger partial charge on any atom is 0.224 e. The number of carbonyl (C=O) groups is 1. The van der Waals surface area contributed by atoms with Crippen molar-refractivity contribution in [2.75, 3.05) is 6.54 Å². The highest BCUT2D eigenvalue weighted by Gasteiger charge is 2.08. The summed E-state index contributed by atoms with van der Waals surface area (Å²) in [5.41, 5.74) is 1.64. The highest BCUT2D eigenvalue weighted by Crippen LogP contribution is 2.09. The quantitative estimate of drug-likeness (QED) is 0.912. The van der Waals surface area contributed by atoms with Gasteiger partial charge >= 0.3 is 0 Å². The van der Waals surface area contributed by atoms with Crippen LogP contribution in [0.2, 0.25) is 0 Å². The van der Waals surface area contributed by atoms with Crippen LogP contribution in [0.4, 0.5) is 4.39 Å². The number of halogens is 1. The number of aryl methyl sites for hydroxylation is 2. The Bertz CT molecular complexity index is 590. The van der Waals surface area contributed by atoms with Gasteiger partial charge < -0.3 is 9.73 Å². The van der Waals surface area contributed by atoms with Gasteiger partial charge in [-0.05, 0) is 24.6 Å². The predicted molar refractivity (Wildman–Crippen MR) is 72.8 cm³/mol. The Labute approximate surface area is 117 Å². The zero-order valence-electron chi connectivity index (χ0n) is 11.6. The van der Waals surface area contributed by atoms with E-state index >= 15 is 0 Å². The van der Waals surface area contributed by atoms with E-state index in [-0.39, 0.29) is 18.1 Å². The number of hydrogen-bond acceptors (Lipinski definition) is 3.